The third-order valence-electron chi connectivity index (χ3n) is 4.42. The van der Waals surface area contributed by atoms with E-state index in [1.54, 1.807) is 0 Å². The quantitative estimate of drug-likeness (QED) is 0.610. The molecule has 0 N–H and O–H groups in total. The maximum absolute atomic E-state index is 7.23. The molecule has 0 radical (unpaired) electrons. The van der Waals surface area contributed by atoms with Crippen molar-refractivity contribution in [3.05, 3.63) is 92.2 Å². The molecule has 0 saturated carbocycles. The SMILES string of the molecule is [C-]#[N+]C([N+]#[C-])=c1nc(-c2ccccc2)/c(=C\c2ccc(N(CC)CC)cc2)s1. The van der Waals surface area contributed by atoms with E-state index in [1.165, 1.54) is 17.0 Å². The fraction of sp³-hybridized carbons (Fsp3) is 0.174. The number of hydrogen-bond acceptors (Lipinski definition) is 3. The van der Waals surface area contributed by atoms with Gasteiger partial charge in [-0.25, -0.2) is 4.98 Å². The first-order chi connectivity index (χ1) is 13.7. The Kier molecular flexibility index (Phi) is 6.22. The van der Waals surface area contributed by atoms with Crippen molar-refractivity contribution in [2.24, 2.45) is 0 Å². The van der Waals surface area contributed by atoms with E-state index in [2.05, 4.69) is 63.8 Å². The molecule has 138 valence electrons. The van der Waals surface area contributed by atoms with Gasteiger partial charge in [0.2, 0.25) is 4.66 Å². The molecule has 0 spiro atoms. The van der Waals surface area contributed by atoms with Gasteiger partial charge in [0, 0.05) is 24.3 Å². The molecule has 0 fully saturated rings. The molecule has 0 aliphatic carbocycles. The van der Waals surface area contributed by atoms with E-state index in [0.29, 0.717) is 4.66 Å². The molecular formula is C23H20N4S. The van der Waals surface area contributed by atoms with Crippen molar-refractivity contribution >= 4 is 28.9 Å². The largest absolute Gasteiger partial charge is 0.555 e. The molecule has 28 heavy (non-hydrogen) atoms. The van der Waals surface area contributed by atoms with Crippen LogP contribution in [0.3, 0.4) is 0 Å². The smallest absolute Gasteiger partial charge is 0.372 e. The Labute approximate surface area is 169 Å². The Morgan fingerprint density at radius 1 is 1.00 bits per heavy atom. The summed E-state index contributed by atoms with van der Waals surface area (Å²) in [4.78, 5) is 13.6. The Morgan fingerprint density at radius 3 is 2.21 bits per heavy atom. The van der Waals surface area contributed by atoms with Crippen molar-refractivity contribution in [2.45, 2.75) is 13.8 Å². The van der Waals surface area contributed by atoms with Gasteiger partial charge in [-0.2, -0.15) is 9.69 Å². The van der Waals surface area contributed by atoms with Crippen LogP contribution < -0.4 is 14.1 Å². The number of anilines is 1. The predicted molar refractivity (Wildman–Crippen MR) is 117 cm³/mol. The van der Waals surface area contributed by atoms with E-state index in [9.17, 15) is 0 Å². The third-order valence-corrected chi connectivity index (χ3v) is 5.42. The van der Waals surface area contributed by atoms with Crippen molar-refractivity contribution in [2.75, 3.05) is 18.0 Å². The van der Waals surface area contributed by atoms with Crippen LogP contribution in [0.2, 0.25) is 0 Å². The van der Waals surface area contributed by atoms with Gasteiger partial charge in [-0.3, -0.25) is 0 Å². The number of benzene rings is 2. The second-order valence-corrected chi connectivity index (χ2v) is 7.08. The molecule has 5 heteroatoms. The molecule has 0 aliphatic rings. The fourth-order valence-corrected chi connectivity index (χ4v) is 3.95. The van der Waals surface area contributed by atoms with Crippen LogP contribution in [-0.4, -0.2) is 18.1 Å². The van der Waals surface area contributed by atoms with Gasteiger partial charge < -0.3 is 4.90 Å². The lowest BCUT2D eigenvalue weighted by atomic mass is 10.1. The topological polar surface area (TPSA) is 24.9 Å². The molecule has 1 aromatic heterocycles. The summed E-state index contributed by atoms with van der Waals surface area (Å²) >= 11 is 1.38. The van der Waals surface area contributed by atoms with Gasteiger partial charge in [0.25, 0.3) is 0 Å². The molecule has 3 aromatic rings. The highest BCUT2D eigenvalue weighted by atomic mass is 32.1. The molecule has 3 rings (SSSR count). The highest BCUT2D eigenvalue weighted by Crippen LogP contribution is 2.17. The van der Waals surface area contributed by atoms with Gasteiger partial charge >= 0.3 is 5.82 Å². The predicted octanol–water partition coefficient (Wildman–Crippen LogP) is 4.39. The second-order valence-electron chi connectivity index (χ2n) is 6.05. The normalized spacial score (nSPS) is 10.9. The van der Waals surface area contributed by atoms with E-state index >= 15 is 0 Å². The van der Waals surface area contributed by atoms with Crippen LogP contribution >= 0.6 is 11.3 Å². The van der Waals surface area contributed by atoms with Gasteiger partial charge in [-0.15, -0.1) is 11.3 Å². The monoisotopic (exact) mass is 384 g/mol. The minimum atomic E-state index is 0.0127. The van der Waals surface area contributed by atoms with Crippen LogP contribution in [0.1, 0.15) is 19.4 Å². The van der Waals surface area contributed by atoms with Crippen LogP contribution in [0.4, 0.5) is 5.69 Å². The van der Waals surface area contributed by atoms with Gasteiger partial charge in [-0.1, -0.05) is 42.5 Å². The molecular weight excluding hydrogens is 364 g/mol. The highest BCUT2D eigenvalue weighted by molar-refractivity contribution is 7.07. The van der Waals surface area contributed by atoms with E-state index in [1.807, 2.05) is 30.3 Å². The summed E-state index contributed by atoms with van der Waals surface area (Å²) in [6.07, 6.45) is 2.07. The van der Waals surface area contributed by atoms with Crippen LogP contribution in [0.15, 0.2) is 54.6 Å². The van der Waals surface area contributed by atoms with Crippen molar-refractivity contribution in [3.63, 3.8) is 0 Å². The van der Waals surface area contributed by atoms with E-state index in [4.69, 9.17) is 13.1 Å². The van der Waals surface area contributed by atoms with Gasteiger partial charge in [0.15, 0.2) is 0 Å². The van der Waals surface area contributed by atoms with Crippen LogP contribution in [0.25, 0.3) is 32.8 Å². The Balaban J connectivity index is 2.14. The van der Waals surface area contributed by atoms with E-state index < -0.39 is 0 Å². The number of nitrogens with zero attached hydrogens (tertiary/aromatic N) is 4. The molecule has 2 aromatic carbocycles. The van der Waals surface area contributed by atoms with Crippen LogP contribution in [0.5, 0.6) is 0 Å². The Morgan fingerprint density at radius 2 is 1.64 bits per heavy atom. The zero-order valence-electron chi connectivity index (χ0n) is 15.9. The molecule has 0 unspecified atom stereocenters. The number of rotatable bonds is 5. The summed E-state index contributed by atoms with van der Waals surface area (Å²) in [5, 5.41) is 0. The first kappa shape index (κ1) is 19.4. The zero-order valence-corrected chi connectivity index (χ0v) is 16.7. The lowest BCUT2D eigenvalue weighted by Crippen LogP contribution is -2.21. The minimum absolute atomic E-state index is 0.0127. The van der Waals surface area contributed by atoms with E-state index in [-0.39, 0.29) is 5.82 Å². The third kappa shape index (κ3) is 4.11. The molecule has 4 nitrogen and oxygen atoms in total. The lowest BCUT2D eigenvalue weighted by Gasteiger charge is -2.20. The van der Waals surface area contributed by atoms with Gasteiger partial charge in [0.1, 0.15) is 13.1 Å². The van der Waals surface area contributed by atoms with Crippen molar-refractivity contribution in [3.8, 4) is 11.3 Å². The van der Waals surface area contributed by atoms with E-state index in [0.717, 1.165) is 34.4 Å². The Bertz CT molecular complexity index is 1130. The number of aromatic nitrogens is 1. The maximum Gasteiger partial charge on any atom is 0.555 e. The molecule has 0 amide bonds. The summed E-state index contributed by atoms with van der Waals surface area (Å²) in [6, 6.07) is 18.3. The fourth-order valence-electron chi connectivity index (χ4n) is 2.97. The minimum Gasteiger partial charge on any atom is -0.372 e. The van der Waals surface area contributed by atoms with Crippen molar-refractivity contribution in [1.82, 2.24) is 4.98 Å². The standard InChI is InChI=1S/C23H20N4S/c1-5-27(6-2)19-14-12-17(13-15-19)16-20-21(18-10-8-7-9-11-18)26-23(28-20)22(24-3)25-4/h7-16H,5-6H2,1-2H3/b20-16+. The molecule has 0 atom stereocenters. The van der Waals surface area contributed by atoms with Crippen molar-refractivity contribution in [1.29, 1.82) is 0 Å². The Hall–Kier alpha value is -3.41. The van der Waals surface area contributed by atoms with Gasteiger partial charge in [0.05, 0.1) is 10.2 Å². The highest BCUT2D eigenvalue weighted by Gasteiger charge is 2.12. The van der Waals surface area contributed by atoms with Crippen LogP contribution in [0, 0.1) is 13.1 Å². The molecule has 1 heterocycles. The average molecular weight is 385 g/mol. The van der Waals surface area contributed by atoms with Crippen LogP contribution in [-0.2, 0) is 0 Å². The summed E-state index contributed by atoms with van der Waals surface area (Å²) in [6.45, 7) is 20.7. The maximum atomic E-state index is 7.23. The zero-order chi connectivity index (χ0) is 19.9. The number of thiazole rings is 1. The molecule has 0 saturated heterocycles. The lowest BCUT2D eigenvalue weighted by molar-refractivity contribution is 0.866. The van der Waals surface area contributed by atoms with Crippen molar-refractivity contribution < 1.29 is 0 Å². The summed E-state index contributed by atoms with van der Waals surface area (Å²) in [7, 11) is 0. The average Bonchev–Trinajstić information content (AvgIpc) is 3.15. The molecule has 0 bridgehead atoms. The summed E-state index contributed by atoms with van der Waals surface area (Å²) in [5.41, 5.74) is 4.05. The first-order valence-corrected chi connectivity index (χ1v) is 9.90. The molecule has 0 aliphatic heterocycles. The first-order valence-electron chi connectivity index (χ1n) is 9.08. The summed E-state index contributed by atoms with van der Waals surface area (Å²) < 4.78 is 1.41. The summed E-state index contributed by atoms with van der Waals surface area (Å²) in [5.74, 6) is 0.0127. The van der Waals surface area contributed by atoms with Gasteiger partial charge in [-0.05, 0) is 37.6 Å². The number of hydrogen-bond donors (Lipinski definition) is 0. The second kappa shape index (κ2) is 8.99.